The molecule has 0 spiro atoms. The molecule has 0 saturated carbocycles. The second-order valence-electron chi connectivity index (χ2n) is 4.07. The lowest BCUT2D eigenvalue weighted by Gasteiger charge is -2.08. The maximum absolute atomic E-state index is 11.7. The Morgan fingerprint density at radius 2 is 1.89 bits per heavy atom. The van der Waals surface area contributed by atoms with Crippen LogP contribution < -0.4 is 4.74 Å². The van der Waals surface area contributed by atoms with E-state index in [-0.39, 0.29) is 24.6 Å². The molecule has 0 fully saturated rings. The topological polar surface area (TPSA) is 52.6 Å². The first kappa shape index (κ1) is 15.7. The first-order valence-corrected chi connectivity index (χ1v) is 6.77. The lowest BCUT2D eigenvalue weighted by molar-refractivity contribution is -0.141. The summed E-state index contributed by atoms with van der Waals surface area (Å²) in [5.41, 5.74) is 0.975. The maximum atomic E-state index is 11.7. The van der Waals surface area contributed by atoms with Gasteiger partial charge in [0.1, 0.15) is 11.5 Å². The van der Waals surface area contributed by atoms with E-state index in [2.05, 4.69) is 20.7 Å². The fourth-order valence-electron chi connectivity index (χ4n) is 1.69. The van der Waals surface area contributed by atoms with Gasteiger partial charge in [0, 0.05) is 17.3 Å². The van der Waals surface area contributed by atoms with Crippen LogP contribution in [0.4, 0.5) is 0 Å². The molecule has 1 aromatic carbocycles. The van der Waals surface area contributed by atoms with Crippen LogP contribution in [0.1, 0.15) is 24.8 Å². The summed E-state index contributed by atoms with van der Waals surface area (Å²) < 4.78 is 10.7. The number of Topliss-reactive ketones (excluding diaryl/α,β-unsaturated/α-hetero) is 1. The van der Waals surface area contributed by atoms with Gasteiger partial charge in [-0.1, -0.05) is 15.9 Å². The van der Waals surface area contributed by atoms with Crippen molar-refractivity contribution in [1.29, 1.82) is 0 Å². The highest BCUT2D eigenvalue weighted by Crippen LogP contribution is 2.24. The molecule has 0 radical (unpaired) electrons. The van der Waals surface area contributed by atoms with E-state index in [1.54, 1.807) is 7.11 Å². The van der Waals surface area contributed by atoms with E-state index in [9.17, 15) is 9.59 Å². The number of esters is 1. The Kier molecular flexibility index (Phi) is 6.56. The average molecular weight is 329 g/mol. The summed E-state index contributed by atoms with van der Waals surface area (Å²) in [6.07, 6.45) is 1.36. The van der Waals surface area contributed by atoms with E-state index >= 15 is 0 Å². The summed E-state index contributed by atoms with van der Waals surface area (Å²) in [6.45, 7) is 0. The molecule has 0 aliphatic heterocycles. The number of aryl methyl sites for hydroxylation is 1. The Balaban J connectivity index is 2.50. The van der Waals surface area contributed by atoms with Crippen molar-refractivity contribution in [3.63, 3.8) is 0 Å². The van der Waals surface area contributed by atoms with E-state index < -0.39 is 0 Å². The van der Waals surface area contributed by atoms with Crippen molar-refractivity contribution < 1.29 is 19.1 Å². The van der Waals surface area contributed by atoms with Gasteiger partial charge in [0.2, 0.25) is 0 Å². The van der Waals surface area contributed by atoms with Crippen molar-refractivity contribution in [3.05, 3.63) is 28.2 Å². The van der Waals surface area contributed by atoms with Crippen molar-refractivity contribution in [2.45, 2.75) is 25.7 Å². The maximum Gasteiger partial charge on any atom is 0.305 e. The number of hydrogen-bond acceptors (Lipinski definition) is 4. The number of halogens is 1. The van der Waals surface area contributed by atoms with Crippen LogP contribution in [0.3, 0.4) is 0 Å². The Bertz CT molecular complexity index is 457. The molecule has 0 heterocycles. The second-order valence-corrected chi connectivity index (χ2v) is 4.99. The molecule has 5 heteroatoms. The first-order valence-electron chi connectivity index (χ1n) is 5.97. The minimum absolute atomic E-state index is 0.0485. The van der Waals surface area contributed by atoms with Gasteiger partial charge in [-0.15, -0.1) is 0 Å². The zero-order valence-electron chi connectivity index (χ0n) is 11.1. The normalized spacial score (nSPS) is 10.1. The number of rotatable bonds is 7. The molecule has 0 unspecified atom stereocenters. The Morgan fingerprint density at radius 3 is 2.53 bits per heavy atom. The molecular weight excluding hydrogens is 312 g/mol. The van der Waals surface area contributed by atoms with Crippen LogP contribution in [-0.2, 0) is 20.7 Å². The highest BCUT2D eigenvalue weighted by molar-refractivity contribution is 9.10. The van der Waals surface area contributed by atoms with Crippen molar-refractivity contribution in [2.75, 3.05) is 14.2 Å². The molecule has 0 aliphatic carbocycles. The van der Waals surface area contributed by atoms with Crippen molar-refractivity contribution >= 4 is 27.7 Å². The summed E-state index contributed by atoms with van der Waals surface area (Å²) in [7, 11) is 2.92. The molecule has 4 nitrogen and oxygen atoms in total. The van der Waals surface area contributed by atoms with Gasteiger partial charge in [-0.25, -0.2) is 0 Å². The SMILES string of the molecule is COC(=O)CCC(=O)CCc1cc(Br)ccc1OC. The molecule has 0 N–H and O–H groups in total. The van der Waals surface area contributed by atoms with Gasteiger partial charge < -0.3 is 9.47 Å². The molecule has 0 amide bonds. The molecule has 1 aromatic rings. The van der Waals surface area contributed by atoms with E-state index in [1.807, 2.05) is 18.2 Å². The van der Waals surface area contributed by atoms with Crippen molar-refractivity contribution in [3.8, 4) is 5.75 Å². The molecule has 0 aromatic heterocycles. The van der Waals surface area contributed by atoms with Gasteiger partial charge >= 0.3 is 5.97 Å². The standard InChI is InChI=1S/C14H17BrO4/c1-18-13-7-4-11(15)9-10(13)3-5-12(16)6-8-14(17)19-2/h4,7,9H,3,5-6,8H2,1-2H3. The number of carbonyl (C=O) groups is 2. The van der Waals surface area contributed by atoms with Gasteiger partial charge in [-0.3, -0.25) is 9.59 Å². The van der Waals surface area contributed by atoms with Gasteiger partial charge in [-0.2, -0.15) is 0 Å². The number of benzene rings is 1. The summed E-state index contributed by atoms with van der Waals surface area (Å²) in [6, 6.07) is 5.69. The number of methoxy groups -OCH3 is 2. The van der Waals surface area contributed by atoms with Crippen LogP contribution >= 0.6 is 15.9 Å². The number of hydrogen-bond donors (Lipinski definition) is 0. The van der Waals surface area contributed by atoms with E-state index in [1.165, 1.54) is 7.11 Å². The summed E-state index contributed by atoms with van der Waals surface area (Å²) in [5, 5.41) is 0. The zero-order chi connectivity index (χ0) is 14.3. The van der Waals surface area contributed by atoms with Crippen LogP contribution in [0.5, 0.6) is 5.75 Å². The number of carbonyl (C=O) groups excluding carboxylic acids is 2. The molecule has 0 bridgehead atoms. The minimum atomic E-state index is -0.353. The van der Waals surface area contributed by atoms with Crippen LogP contribution in [-0.4, -0.2) is 26.0 Å². The van der Waals surface area contributed by atoms with Crippen LogP contribution in [0.2, 0.25) is 0 Å². The molecule has 1 rings (SSSR count). The third kappa shape index (κ3) is 5.42. The number of ether oxygens (including phenoxy) is 2. The lowest BCUT2D eigenvalue weighted by Crippen LogP contribution is -2.06. The average Bonchev–Trinajstić information content (AvgIpc) is 2.42. The van der Waals surface area contributed by atoms with Crippen LogP contribution in [0, 0.1) is 0 Å². The Labute approximate surface area is 121 Å². The van der Waals surface area contributed by atoms with Gasteiger partial charge in [0.15, 0.2) is 0 Å². The van der Waals surface area contributed by atoms with Crippen molar-refractivity contribution in [2.24, 2.45) is 0 Å². The molecular formula is C14H17BrO4. The fourth-order valence-corrected chi connectivity index (χ4v) is 2.09. The predicted octanol–water partition coefficient (Wildman–Crippen LogP) is 2.91. The fraction of sp³-hybridized carbons (Fsp3) is 0.429. The zero-order valence-corrected chi connectivity index (χ0v) is 12.7. The van der Waals surface area contributed by atoms with E-state index in [0.29, 0.717) is 12.8 Å². The van der Waals surface area contributed by atoms with E-state index in [0.717, 1.165) is 15.8 Å². The third-order valence-corrected chi connectivity index (χ3v) is 3.24. The highest BCUT2D eigenvalue weighted by Gasteiger charge is 2.09. The molecule has 0 atom stereocenters. The lowest BCUT2D eigenvalue weighted by atomic mass is 10.0. The minimum Gasteiger partial charge on any atom is -0.496 e. The third-order valence-electron chi connectivity index (χ3n) is 2.75. The first-order chi connectivity index (χ1) is 9.06. The van der Waals surface area contributed by atoms with Crippen LogP contribution in [0.15, 0.2) is 22.7 Å². The van der Waals surface area contributed by atoms with Crippen LogP contribution in [0.25, 0.3) is 0 Å². The molecule has 0 aliphatic rings. The van der Waals surface area contributed by atoms with Gasteiger partial charge in [-0.05, 0) is 30.2 Å². The summed E-state index contributed by atoms with van der Waals surface area (Å²) in [5.74, 6) is 0.463. The molecule has 104 valence electrons. The molecule has 19 heavy (non-hydrogen) atoms. The molecule has 0 saturated heterocycles. The summed E-state index contributed by atoms with van der Waals surface area (Å²) in [4.78, 5) is 22.6. The smallest absolute Gasteiger partial charge is 0.305 e. The van der Waals surface area contributed by atoms with Crippen molar-refractivity contribution in [1.82, 2.24) is 0 Å². The summed E-state index contributed by atoms with van der Waals surface area (Å²) >= 11 is 3.39. The van der Waals surface area contributed by atoms with Gasteiger partial charge in [0.05, 0.1) is 20.6 Å². The predicted molar refractivity (Wildman–Crippen MR) is 75.3 cm³/mol. The largest absolute Gasteiger partial charge is 0.496 e. The highest BCUT2D eigenvalue weighted by atomic mass is 79.9. The van der Waals surface area contributed by atoms with E-state index in [4.69, 9.17) is 4.74 Å². The quantitative estimate of drug-likeness (QED) is 0.722. The Morgan fingerprint density at radius 1 is 1.16 bits per heavy atom. The number of ketones is 1. The monoisotopic (exact) mass is 328 g/mol. The Hall–Kier alpha value is -1.36. The second kappa shape index (κ2) is 7.94. The van der Waals surface area contributed by atoms with Gasteiger partial charge in [0.25, 0.3) is 0 Å².